The van der Waals surface area contributed by atoms with Gasteiger partial charge in [-0.25, -0.2) is 0 Å². The zero-order valence-corrected chi connectivity index (χ0v) is 11.6. The average Bonchev–Trinajstić information content (AvgIpc) is 2.39. The summed E-state index contributed by atoms with van der Waals surface area (Å²) in [5, 5.41) is 0. The standard InChI is InChI=1S/C16H26N2/c1-14-9-12-18(13-10-14)11-3-2-4-15-5-7-16(17)8-6-15/h5-8,14H,2-4,9-13,17H2,1H3. The lowest BCUT2D eigenvalue weighted by Gasteiger charge is -2.30. The number of piperidine rings is 1. The van der Waals surface area contributed by atoms with Gasteiger partial charge in [0.15, 0.2) is 0 Å². The molecule has 0 radical (unpaired) electrons. The maximum absolute atomic E-state index is 5.68. The van der Waals surface area contributed by atoms with E-state index >= 15 is 0 Å². The number of nitrogens with zero attached hydrogens (tertiary/aromatic N) is 1. The summed E-state index contributed by atoms with van der Waals surface area (Å²) in [5.41, 5.74) is 7.96. The molecular formula is C16H26N2. The first-order valence-electron chi connectivity index (χ1n) is 7.31. The Balaban J connectivity index is 1.60. The van der Waals surface area contributed by atoms with Gasteiger partial charge in [0.05, 0.1) is 0 Å². The lowest BCUT2D eigenvalue weighted by Crippen LogP contribution is -2.33. The van der Waals surface area contributed by atoms with Crippen LogP contribution in [0, 0.1) is 5.92 Å². The molecule has 0 bridgehead atoms. The summed E-state index contributed by atoms with van der Waals surface area (Å²) >= 11 is 0. The molecule has 1 saturated heterocycles. The normalized spacial score (nSPS) is 18.1. The van der Waals surface area contributed by atoms with Crippen LogP contribution < -0.4 is 5.73 Å². The summed E-state index contributed by atoms with van der Waals surface area (Å²) in [6, 6.07) is 8.30. The fourth-order valence-electron chi connectivity index (χ4n) is 2.63. The predicted octanol–water partition coefficient (Wildman–Crippen LogP) is 3.32. The number of rotatable bonds is 5. The number of nitrogens with two attached hydrogens (primary N) is 1. The van der Waals surface area contributed by atoms with Crippen molar-refractivity contribution in [3.63, 3.8) is 0 Å². The number of unbranched alkanes of at least 4 members (excludes halogenated alkanes) is 1. The second-order valence-electron chi connectivity index (χ2n) is 5.72. The first-order chi connectivity index (χ1) is 8.74. The first kappa shape index (κ1) is 13.4. The highest BCUT2D eigenvalue weighted by molar-refractivity contribution is 5.39. The van der Waals surface area contributed by atoms with E-state index in [1.54, 1.807) is 0 Å². The van der Waals surface area contributed by atoms with Crippen molar-refractivity contribution >= 4 is 5.69 Å². The number of anilines is 1. The summed E-state index contributed by atoms with van der Waals surface area (Å²) < 4.78 is 0. The van der Waals surface area contributed by atoms with Crippen molar-refractivity contribution in [2.75, 3.05) is 25.4 Å². The third-order valence-corrected chi connectivity index (χ3v) is 4.05. The Morgan fingerprint density at radius 1 is 1.11 bits per heavy atom. The number of aryl methyl sites for hydroxylation is 1. The molecule has 0 amide bonds. The summed E-state index contributed by atoms with van der Waals surface area (Å²) in [4.78, 5) is 2.63. The Bertz CT molecular complexity index is 337. The molecule has 0 unspecified atom stereocenters. The van der Waals surface area contributed by atoms with E-state index in [1.807, 2.05) is 12.1 Å². The van der Waals surface area contributed by atoms with E-state index in [1.165, 1.54) is 57.3 Å². The van der Waals surface area contributed by atoms with Crippen LogP contribution in [0.1, 0.15) is 38.2 Å². The molecular weight excluding hydrogens is 220 g/mol. The maximum Gasteiger partial charge on any atom is 0.0314 e. The molecule has 2 N–H and O–H groups in total. The van der Waals surface area contributed by atoms with Crippen molar-refractivity contribution in [1.29, 1.82) is 0 Å². The Hall–Kier alpha value is -1.02. The number of likely N-dealkylation sites (tertiary alicyclic amines) is 1. The highest BCUT2D eigenvalue weighted by Crippen LogP contribution is 2.16. The van der Waals surface area contributed by atoms with Crippen LogP contribution in [0.15, 0.2) is 24.3 Å². The molecule has 18 heavy (non-hydrogen) atoms. The molecule has 1 aliphatic heterocycles. The van der Waals surface area contributed by atoms with Crippen LogP contribution in [0.5, 0.6) is 0 Å². The maximum atomic E-state index is 5.68. The number of benzene rings is 1. The van der Waals surface area contributed by atoms with Crippen LogP contribution in [0.2, 0.25) is 0 Å². The Labute approximate surface area is 111 Å². The van der Waals surface area contributed by atoms with Crippen molar-refractivity contribution in [2.45, 2.75) is 39.0 Å². The molecule has 2 rings (SSSR count). The van der Waals surface area contributed by atoms with Gasteiger partial charge in [-0.05, 0) is 75.4 Å². The van der Waals surface area contributed by atoms with Gasteiger partial charge in [0.25, 0.3) is 0 Å². The van der Waals surface area contributed by atoms with Gasteiger partial charge >= 0.3 is 0 Å². The lowest BCUT2D eigenvalue weighted by atomic mass is 9.99. The average molecular weight is 246 g/mol. The van der Waals surface area contributed by atoms with Gasteiger partial charge in [0, 0.05) is 5.69 Å². The van der Waals surface area contributed by atoms with Crippen molar-refractivity contribution in [1.82, 2.24) is 4.90 Å². The molecule has 0 saturated carbocycles. The van der Waals surface area contributed by atoms with E-state index in [4.69, 9.17) is 5.73 Å². The second-order valence-corrected chi connectivity index (χ2v) is 5.72. The predicted molar refractivity (Wildman–Crippen MR) is 78.6 cm³/mol. The SMILES string of the molecule is CC1CCN(CCCCc2ccc(N)cc2)CC1. The minimum absolute atomic E-state index is 0.862. The molecule has 100 valence electrons. The largest absolute Gasteiger partial charge is 0.399 e. The first-order valence-corrected chi connectivity index (χ1v) is 7.31. The monoisotopic (exact) mass is 246 g/mol. The minimum atomic E-state index is 0.862. The van der Waals surface area contributed by atoms with Gasteiger partial charge < -0.3 is 10.6 Å². The third kappa shape index (κ3) is 4.34. The number of hydrogen-bond acceptors (Lipinski definition) is 2. The van der Waals surface area contributed by atoms with Gasteiger partial charge in [-0.15, -0.1) is 0 Å². The highest BCUT2D eigenvalue weighted by atomic mass is 15.1. The Morgan fingerprint density at radius 3 is 2.44 bits per heavy atom. The van der Waals surface area contributed by atoms with Crippen LogP contribution in [-0.2, 0) is 6.42 Å². The summed E-state index contributed by atoms with van der Waals surface area (Å²) in [5.74, 6) is 0.941. The van der Waals surface area contributed by atoms with E-state index in [-0.39, 0.29) is 0 Å². The van der Waals surface area contributed by atoms with Gasteiger partial charge in [-0.3, -0.25) is 0 Å². The molecule has 1 aliphatic rings. The third-order valence-electron chi connectivity index (χ3n) is 4.05. The Kier molecular flexibility index (Phi) is 5.06. The van der Waals surface area contributed by atoms with Gasteiger partial charge in [0.2, 0.25) is 0 Å². The van der Waals surface area contributed by atoms with E-state index in [0.717, 1.165) is 11.6 Å². The van der Waals surface area contributed by atoms with Crippen molar-refractivity contribution in [2.24, 2.45) is 5.92 Å². The number of nitrogen functional groups attached to an aromatic ring is 1. The molecule has 1 heterocycles. The van der Waals surface area contributed by atoms with E-state index in [9.17, 15) is 0 Å². The molecule has 0 aromatic heterocycles. The van der Waals surface area contributed by atoms with Gasteiger partial charge in [0.1, 0.15) is 0 Å². The van der Waals surface area contributed by atoms with Crippen LogP contribution >= 0.6 is 0 Å². The van der Waals surface area contributed by atoms with Crippen molar-refractivity contribution in [3.8, 4) is 0 Å². The Morgan fingerprint density at radius 2 is 1.78 bits per heavy atom. The second kappa shape index (κ2) is 6.79. The molecule has 1 aromatic carbocycles. The van der Waals surface area contributed by atoms with Crippen LogP contribution in [0.3, 0.4) is 0 Å². The quantitative estimate of drug-likeness (QED) is 0.638. The summed E-state index contributed by atoms with van der Waals surface area (Å²) in [7, 11) is 0. The van der Waals surface area contributed by atoms with Crippen LogP contribution in [0.4, 0.5) is 5.69 Å². The van der Waals surface area contributed by atoms with Crippen molar-refractivity contribution < 1.29 is 0 Å². The fourth-order valence-corrected chi connectivity index (χ4v) is 2.63. The van der Waals surface area contributed by atoms with Crippen LogP contribution in [-0.4, -0.2) is 24.5 Å². The molecule has 0 aliphatic carbocycles. The summed E-state index contributed by atoms with van der Waals surface area (Å²) in [6.07, 6.45) is 6.56. The minimum Gasteiger partial charge on any atom is -0.399 e. The van der Waals surface area contributed by atoms with Gasteiger partial charge in [-0.2, -0.15) is 0 Å². The van der Waals surface area contributed by atoms with Crippen LogP contribution in [0.25, 0.3) is 0 Å². The molecule has 0 spiro atoms. The molecule has 2 heteroatoms. The lowest BCUT2D eigenvalue weighted by molar-refractivity contribution is 0.189. The highest BCUT2D eigenvalue weighted by Gasteiger charge is 2.14. The van der Waals surface area contributed by atoms with E-state index in [2.05, 4.69) is 24.0 Å². The smallest absolute Gasteiger partial charge is 0.0314 e. The topological polar surface area (TPSA) is 29.3 Å². The molecule has 0 atom stereocenters. The summed E-state index contributed by atoms with van der Waals surface area (Å²) in [6.45, 7) is 6.27. The zero-order chi connectivity index (χ0) is 12.8. The molecule has 1 aromatic rings. The zero-order valence-electron chi connectivity index (χ0n) is 11.6. The molecule has 2 nitrogen and oxygen atoms in total. The fraction of sp³-hybridized carbons (Fsp3) is 0.625. The number of hydrogen-bond donors (Lipinski definition) is 1. The van der Waals surface area contributed by atoms with Gasteiger partial charge in [-0.1, -0.05) is 19.1 Å². The van der Waals surface area contributed by atoms with Crippen molar-refractivity contribution in [3.05, 3.63) is 29.8 Å². The van der Waals surface area contributed by atoms with E-state index < -0.39 is 0 Å². The van der Waals surface area contributed by atoms with E-state index in [0.29, 0.717) is 0 Å². The molecule has 1 fully saturated rings.